The van der Waals surface area contributed by atoms with Crippen LogP contribution in [0.3, 0.4) is 0 Å². The summed E-state index contributed by atoms with van der Waals surface area (Å²) in [5.74, 6) is -0.514. The lowest BCUT2D eigenvalue weighted by molar-refractivity contribution is -0.181. The van der Waals surface area contributed by atoms with E-state index in [1.54, 1.807) is 4.68 Å². The van der Waals surface area contributed by atoms with Crippen LogP contribution < -0.4 is 0 Å². The van der Waals surface area contributed by atoms with Gasteiger partial charge in [0.25, 0.3) is 5.91 Å². The van der Waals surface area contributed by atoms with Crippen LogP contribution in [0.5, 0.6) is 0 Å². The van der Waals surface area contributed by atoms with Crippen molar-refractivity contribution in [1.29, 1.82) is 0 Å². The van der Waals surface area contributed by atoms with Crippen molar-refractivity contribution in [2.24, 2.45) is 0 Å². The van der Waals surface area contributed by atoms with Crippen molar-refractivity contribution < 1.29 is 14.3 Å². The standard InChI is InChI=1S/C25H27N3O3/c1-18-8-9-20(16-19(18)2)22-17-23(28(26-22)21-6-4-3-5-7-21)24(29)27-12-10-25(11-13-27)30-14-15-31-25/h3-9,16-17H,10-15H2,1-2H3. The average molecular weight is 418 g/mol. The summed E-state index contributed by atoms with van der Waals surface area (Å²) in [6, 6.07) is 18.0. The number of likely N-dealkylation sites (tertiary alicyclic amines) is 1. The van der Waals surface area contributed by atoms with Crippen LogP contribution in [-0.4, -0.2) is 52.7 Å². The lowest BCUT2D eigenvalue weighted by Gasteiger charge is -2.37. The number of hydrogen-bond acceptors (Lipinski definition) is 4. The summed E-state index contributed by atoms with van der Waals surface area (Å²) in [4.78, 5) is 15.4. The molecule has 0 bridgehead atoms. The van der Waals surface area contributed by atoms with Crippen molar-refractivity contribution in [3.63, 3.8) is 0 Å². The number of nitrogens with zero attached hydrogens (tertiary/aromatic N) is 3. The zero-order valence-corrected chi connectivity index (χ0v) is 18.0. The first-order chi connectivity index (χ1) is 15.0. The number of aromatic nitrogens is 2. The minimum absolute atomic E-state index is 0.0146. The molecule has 6 heteroatoms. The number of hydrogen-bond donors (Lipinski definition) is 0. The summed E-state index contributed by atoms with van der Waals surface area (Å²) in [7, 11) is 0. The number of rotatable bonds is 3. The van der Waals surface area contributed by atoms with Gasteiger partial charge in [-0.05, 0) is 49.2 Å². The molecule has 6 nitrogen and oxygen atoms in total. The Morgan fingerprint density at radius 1 is 0.935 bits per heavy atom. The fourth-order valence-corrected chi connectivity index (χ4v) is 4.34. The molecule has 160 valence electrons. The molecule has 0 saturated carbocycles. The van der Waals surface area contributed by atoms with E-state index in [1.807, 2.05) is 41.3 Å². The van der Waals surface area contributed by atoms with E-state index in [9.17, 15) is 4.79 Å². The zero-order valence-electron chi connectivity index (χ0n) is 18.0. The van der Waals surface area contributed by atoms with Gasteiger partial charge in [0.2, 0.25) is 0 Å². The zero-order chi connectivity index (χ0) is 21.4. The van der Waals surface area contributed by atoms with Crippen molar-refractivity contribution in [1.82, 2.24) is 14.7 Å². The van der Waals surface area contributed by atoms with E-state index < -0.39 is 5.79 Å². The fraction of sp³-hybridized carbons (Fsp3) is 0.360. The third kappa shape index (κ3) is 3.77. The number of piperidine rings is 1. The smallest absolute Gasteiger partial charge is 0.272 e. The molecule has 2 aliphatic rings. The highest BCUT2D eigenvalue weighted by Gasteiger charge is 2.41. The van der Waals surface area contributed by atoms with E-state index in [0.717, 1.165) is 16.9 Å². The highest BCUT2D eigenvalue weighted by Crippen LogP contribution is 2.32. The molecule has 0 aliphatic carbocycles. The lowest BCUT2D eigenvalue weighted by atomic mass is 10.0. The Hall–Kier alpha value is -2.96. The van der Waals surface area contributed by atoms with E-state index in [0.29, 0.717) is 44.8 Å². The normalized spacial score (nSPS) is 17.9. The number of amides is 1. The van der Waals surface area contributed by atoms with Crippen molar-refractivity contribution in [2.75, 3.05) is 26.3 Å². The maximum Gasteiger partial charge on any atom is 0.272 e. The van der Waals surface area contributed by atoms with Crippen LogP contribution in [0.1, 0.15) is 34.5 Å². The summed E-state index contributed by atoms with van der Waals surface area (Å²) >= 11 is 0. The molecule has 0 N–H and O–H groups in total. The molecule has 2 saturated heterocycles. The molecule has 3 aromatic rings. The van der Waals surface area contributed by atoms with Crippen LogP contribution >= 0.6 is 0 Å². The van der Waals surface area contributed by atoms with Crippen LogP contribution in [0.25, 0.3) is 16.9 Å². The van der Waals surface area contributed by atoms with Gasteiger partial charge in [-0.2, -0.15) is 5.10 Å². The van der Waals surface area contributed by atoms with Gasteiger partial charge in [0.05, 0.1) is 24.6 Å². The van der Waals surface area contributed by atoms with Crippen molar-refractivity contribution in [3.05, 3.63) is 71.4 Å². The third-order valence-corrected chi connectivity index (χ3v) is 6.36. The highest BCUT2D eigenvalue weighted by atomic mass is 16.7. The molecular weight excluding hydrogens is 390 g/mol. The van der Waals surface area contributed by atoms with Gasteiger partial charge in [0, 0.05) is 31.5 Å². The lowest BCUT2D eigenvalue weighted by Crippen LogP contribution is -2.47. The summed E-state index contributed by atoms with van der Waals surface area (Å²) in [6.07, 6.45) is 1.39. The Labute approximate surface area is 182 Å². The molecule has 2 aromatic carbocycles. The fourth-order valence-electron chi connectivity index (χ4n) is 4.34. The molecule has 1 amide bonds. The number of carbonyl (C=O) groups excluding carboxylic acids is 1. The van der Waals surface area contributed by atoms with Crippen LogP contribution in [-0.2, 0) is 9.47 Å². The molecule has 2 aliphatic heterocycles. The number of benzene rings is 2. The maximum atomic E-state index is 13.5. The second-order valence-electron chi connectivity index (χ2n) is 8.36. The van der Waals surface area contributed by atoms with Gasteiger partial charge in [-0.25, -0.2) is 4.68 Å². The molecule has 0 unspecified atom stereocenters. The molecule has 2 fully saturated rings. The largest absolute Gasteiger partial charge is 0.347 e. The number of carbonyl (C=O) groups is 1. The Bertz CT molecular complexity index is 1090. The Morgan fingerprint density at radius 2 is 1.65 bits per heavy atom. The van der Waals surface area contributed by atoms with E-state index in [1.165, 1.54) is 11.1 Å². The van der Waals surface area contributed by atoms with Crippen molar-refractivity contribution in [3.8, 4) is 16.9 Å². The van der Waals surface area contributed by atoms with E-state index in [2.05, 4.69) is 32.0 Å². The molecule has 0 radical (unpaired) electrons. The van der Waals surface area contributed by atoms with Gasteiger partial charge in [-0.15, -0.1) is 0 Å². The van der Waals surface area contributed by atoms with E-state index in [-0.39, 0.29) is 5.91 Å². The number of para-hydroxylation sites is 1. The molecule has 1 spiro atoms. The van der Waals surface area contributed by atoms with Crippen LogP contribution in [0.2, 0.25) is 0 Å². The van der Waals surface area contributed by atoms with Crippen LogP contribution in [0.4, 0.5) is 0 Å². The number of aryl methyl sites for hydroxylation is 2. The molecular formula is C25H27N3O3. The first-order valence-corrected chi connectivity index (χ1v) is 10.8. The van der Waals surface area contributed by atoms with Gasteiger partial charge in [0.1, 0.15) is 5.69 Å². The van der Waals surface area contributed by atoms with Gasteiger partial charge >= 0.3 is 0 Å². The van der Waals surface area contributed by atoms with Gasteiger partial charge in [-0.1, -0.05) is 30.3 Å². The quantitative estimate of drug-likeness (QED) is 0.643. The molecule has 31 heavy (non-hydrogen) atoms. The van der Waals surface area contributed by atoms with Crippen molar-refractivity contribution >= 4 is 5.91 Å². The molecule has 1 aromatic heterocycles. The second-order valence-corrected chi connectivity index (χ2v) is 8.36. The minimum Gasteiger partial charge on any atom is -0.347 e. The molecule has 5 rings (SSSR count). The number of ether oxygens (including phenoxy) is 2. The summed E-state index contributed by atoms with van der Waals surface area (Å²) < 4.78 is 13.4. The predicted molar refractivity (Wildman–Crippen MR) is 118 cm³/mol. The van der Waals surface area contributed by atoms with Crippen LogP contribution in [0.15, 0.2) is 54.6 Å². The van der Waals surface area contributed by atoms with E-state index >= 15 is 0 Å². The summed E-state index contributed by atoms with van der Waals surface area (Å²) in [5, 5.41) is 4.83. The average Bonchev–Trinajstić information content (AvgIpc) is 3.44. The third-order valence-electron chi connectivity index (χ3n) is 6.36. The first kappa shape index (κ1) is 20.0. The highest BCUT2D eigenvalue weighted by molar-refractivity contribution is 5.94. The Balaban J connectivity index is 1.48. The van der Waals surface area contributed by atoms with Gasteiger partial charge in [-0.3, -0.25) is 4.79 Å². The molecule has 3 heterocycles. The molecule has 0 atom stereocenters. The van der Waals surface area contributed by atoms with Gasteiger partial charge in [0.15, 0.2) is 5.79 Å². The van der Waals surface area contributed by atoms with Crippen molar-refractivity contribution in [2.45, 2.75) is 32.5 Å². The first-order valence-electron chi connectivity index (χ1n) is 10.8. The second kappa shape index (κ2) is 7.94. The van der Waals surface area contributed by atoms with Gasteiger partial charge < -0.3 is 14.4 Å². The summed E-state index contributed by atoms with van der Waals surface area (Å²) in [6.45, 7) is 6.67. The minimum atomic E-state index is -0.499. The monoisotopic (exact) mass is 417 g/mol. The maximum absolute atomic E-state index is 13.5. The Kier molecular flexibility index (Phi) is 5.12. The topological polar surface area (TPSA) is 56.6 Å². The Morgan fingerprint density at radius 3 is 2.32 bits per heavy atom. The SMILES string of the molecule is Cc1ccc(-c2cc(C(=O)N3CCC4(CC3)OCCO4)n(-c3ccccc3)n2)cc1C. The van der Waals surface area contributed by atoms with Crippen LogP contribution in [0, 0.1) is 13.8 Å². The predicted octanol–water partition coefficient (Wildman–Crippen LogP) is 4.14. The summed E-state index contributed by atoms with van der Waals surface area (Å²) in [5.41, 5.74) is 5.70. The van der Waals surface area contributed by atoms with E-state index in [4.69, 9.17) is 14.6 Å².